The molecule has 0 saturated carbocycles. The first-order chi connectivity index (χ1) is 8.07. The molecule has 0 aliphatic rings. The van der Waals surface area contributed by atoms with E-state index in [1.807, 2.05) is 12.1 Å². The summed E-state index contributed by atoms with van der Waals surface area (Å²) in [6, 6.07) is 12.4. The summed E-state index contributed by atoms with van der Waals surface area (Å²) in [6.07, 6.45) is 0. The number of para-hydroxylation sites is 1. The molecule has 0 atom stereocenters. The fourth-order valence-electron chi connectivity index (χ4n) is 1.76. The number of ether oxygens (including phenoxy) is 1. The maximum Gasteiger partial charge on any atom is 0.123 e. The molecule has 0 aliphatic carbocycles. The van der Waals surface area contributed by atoms with Crippen molar-refractivity contribution in [1.29, 1.82) is 0 Å². The topological polar surface area (TPSA) is 9.23 Å². The second-order valence-corrected chi connectivity index (χ2v) is 6.15. The van der Waals surface area contributed by atoms with Gasteiger partial charge in [0.2, 0.25) is 0 Å². The summed E-state index contributed by atoms with van der Waals surface area (Å²) < 4.78 is 5.92. The molecule has 1 heterocycles. The van der Waals surface area contributed by atoms with Crippen LogP contribution >= 0.6 is 11.3 Å². The van der Waals surface area contributed by atoms with Gasteiger partial charge in [-0.15, -0.1) is 11.3 Å². The monoisotopic (exact) mass is 246 g/mol. The lowest BCUT2D eigenvalue weighted by Crippen LogP contribution is -2.13. The van der Waals surface area contributed by atoms with Crippen molar-refractivity contribution >= 4 is 11.3 Å². The summed E-state index contributed by atoms with van der Waals surface area (Å²) in [5.41, 5.74) is 1.38. The molecule has 2 rings (SSSR count). The van der Waals surface area contributed by atoms with E-state index in [9.17, 15) is 0 Å². The van der Waals surface area contributed by atoms with E-state index in [0.717, 1.165) is 5.75 Å². The van der Waals surface area contributed by atoms with Crippen LogP contribution in [0.4, 0.5) is 0 Å². The van der Waals surface area contributed by atoms with Gasteiger partial charge < -0.3 is 4.74 Å². The number of benzene rings is 1. The summed E-state index contributed by atoms with van der Waals surface area (Å²) in [6.45, 7) is 7.28. The number of hydrogen-bond donors (Lipinski definition) is 0. The highest BCUT2D eigenvalue weighted by Crippen LogP contribution is 2.31. The summed E-state index contributed by atoms with van der Waals surface area (Å²) in [4.78, 5) is 1.26. The van der Waals surface area contributed by atoms with Gasteiger partial charge in [-0.1, -0.05) is 45.0 Å². The predicted molar refractivity (Wildman–Crippen MR) is 73.8 cm³/mol. The lowest BCUT2D eigenvalue weighted by atomic mass is 9.86. The second-order valence-electron chi connectivity index (χ2n) is 5.11. The third-order valence-electron chi connectivity index (χ3n) is 2.65. The highest BCUT2D eigenvalue weighted by Gasteiger charge is 2.18. The van der Waals surface area contributed by atoms with Crippen molar-refractivity contribution in [3.05, 3.63) is 52.2 Å². The van der Waals surface area contributed by atoms with Crippen molar-refractivity contribution in [2.24, 2.45) is 0 Å². The van der Waals surface area contributed by atoms with E-state index in [4.69, 9.17) is 4.74 Å². The van der Waals surface area contributed by atoms with Gasteiger partial charge in [-0.3, -0.25) is 0 Å². The highest BCUT2D eigenvalue weighted by atomic mass is 32.1. The van der Waals surface area contributed by atoms with Crippen LogP contribution in [0.25, 0.3) is 0 Å². The molecule has 17 heavy (non-hydrogen) atoms. The van der Waals surface area contributed by atoms with Gasteiger partial charge >= 0.3 is 0 Å². The molecule has 0 saturated heterocycles. The van der Waals surface area contributed by atoms with Crippen LogP contribution in [0.2, 0.25) is 0 Å². The van der Waals surface area contributed by atoms with Gasteiger partial charge in [0.25, 0.3) is 0 Å². The van der Waals surface area contributed by atoms with Gasteiger partial charge in [0.05, 0.1) is 0 Å². The Balaban J connectivity index is 2.16. The molecule has 0 bridgehead atoms. The highest BCUT2D eigenvalue weighted by molar-refractivity contribution is 7.09. The minimum Gasteiger partial charge on any atom is -0.488 e. The van der Waals surface area contributed by atoms with E-state index < -0.39 is 0 Å². The lowest BCUT2D eigenvalue weighted by Gasteiger charge is -2.22. The van der Waals surface area contributed by atoms with Crippen LogP contribution in [0, 0.1) is 0 Å². The van der Waals surface area contributed by atoms with Crippen molar-refractivity contribution in [2.75, 3.05) is 0 Å². The fourth-order valence-corrected chi connectivity index (χ4v) is 2.37. The summed E-state index contributed by atoms with van der Waals surface area (Å²) in [5.74, 6) is 0.994. The molecule has 1 aromatic heterocycles. The SMILES string of the molecule is CC(C)(C)c1ccccc1OCc1cccs1. The lowest BCUT2D eigenvalue weighted by molar-refractivity contribution is 0.301. The number of rotatable bonds is 3. The van der Waals surface area contributed by atoms with E-state index in [1.165, 1.54) is 10.4 Å². The van der Waals surface area contributed by atoms with Crippen LogP contribution in [0.1, 0.15) is 31.2 Å². The van der Waals surface area contributed by atoms with Crippen molar-refractivity contribution in [1.82, 2.24) is 0 Å². The Hall–Kier alpha value is -1.28. The summed E-state index contributed by atoms with van der Waals surface area (Å²) in [7, 11) is 0. The Morgan fingerprint density at radius 3 is 2.47 bits per heavy atom. The normalized spacial score (nSPS) is 11.5. The zero-order valence-electron chi connectivity index (χ0n) is 10.6. The standard InChI is InChI=1S/C15H18OS/c1-15(2,3)13-8-4-5-9-14(13)16-11-12-7-6-10-17-12/h4-10H,11H2,1-3H3. The van der Waals surface area contributed by atoms with Crippen LogP contribution < -0.4 is 4.74 Å². The Morgan fingerprint density at radius 1 is 1.06 bits per heavy atom. The van der Waals surface area contributed by atoms with Crippen LogP contribution in [0.3, 0.4) is 0 Å². The minimum absolute atomic E-state index is 0.117. The van der Waals surface area contributed by atoms with E-state index >= 15 is 0 Å². The van der Waals surface area contributed by atoms with Gasteiger partial charge in [0, 0.05) is 4.88 Å². The largest absolute Gasteiger partial charge is 0.488 e. The van der Waals surface area contributed by atoms with E-state index in [-0.39, 0.29) is 5.41 Å². The zero-order valence-corrected chi connectivity index (χ0v) is 11.4. The molecule has 0 fully saturated rings. The molecule has 0 N–H and O–H groups in total. The maximum atomic E-state index is 5.92. The summed E-state index contributed by atoms with van der Waals surface area (Å²) >= 11 is 1.73. The molecular weight excluding hydrogens is 228 g/mol. The third-order valence-corrected chi connectivity index (χ3v) is 3.50. The minimum atomic E-state index is 0.117. The van der Waals surface area contributed by atoms with Crippen molar-refractivity contribution in [3.63, 3.8) is 0 Å². The third kappa shape index (κ3) is 3.10. The molecule has 0 spiro atoms. The fraction of sp³-hybridized carbons (Fsp3) is 0.333. The number of thiophene rings is 1. The van der Waals surface area contributed by atoms with Crippen molar-refractivity contribution < 1.29 is 4.74 Å². The van der Waals surface area contributed by atoms with Gasteiger partial charge in [-0.25, -0.2) is 0 Å². The Kier molecular flexibility index (Phi) is 3.53. The van der Waals surface area contributed by atoms with Crippen LogP contribution in [-0.4, -0.2) is 0 Å². The maximum absolute atomic E-state index is 5.92. The smallest absolute Gasteiger partial charge is 0.123 e. The molecular formula is C15H18OS. The first kappa shape index (κ1) is 12.2. The van der Waals surface area contributed by atoms with Gasteiger partial charge in [0.15, 0.2) is 0 Å². The second kappa shape index (κ2) is 4.92. The van der Waals surface area contributed by atoms with Crippen LogP contribution in [0.15, 0.2) is 41.8 Å². The molecule has 0 amide bonds. The molecule has 2 aromatic rings. The van der Waals surface area contributed by atoms with E-state index in [2.05, 4.69) is 50.4 Å². The average Bonchev–Trinajstić information content (AvgIpc) is 2.78. The van der Waals surface area contributed by atoms with Gasteiger partial charge in [0.1, 0.15) is 12.4 Å². The Bertz CT molecular complexity index is 466. The van der Waals surface area contributed by atoms with Crippen molar-refractivity contribution in [2.45, 2.75) is 32.8 Å². The average molecular weight is 246 g/mol. The molecule has 0 unspecified atom stereocenters. The molecule has 90 valence electrons. The quantitative estimate of drug-likeness (QED) is 0.767. The van der Waals surface area contributed by atoms with Gasteiger partial charge in [-0.05, 0) is 28.5 Å². The zero-order chi connectivity index (χ0) is 12.3. The van der Waals surface area contributed by atoms with Gasteiger partial charge in [-0.2, -0.15) is 0 Å². The van der Waals surface area contributed by atoms with Crippen molar-refractivity contribution in [3.8, 4) is 5.75 Å². The molecule has 2 heteroatoms. The van der Waals surface area contributed by atoms with Crippen LogP contribution in [-0.2, 0) is 12.0 Å². The first-order valence-electron chi connectivity index (χ1n) is 5.82. The molecule has 1 nitrogen and oxygen atoms in total. The first-order valence-corrected chi connectivity index (χ1v) is 6.70. The Labute approximate surface area is 107 Å². The number of hydrogen-bond acceptors (Lipinski definition) is 2. The van der Waals surface area contributed by atoms with E-state index in [1.54, 1.807) is 11.3 Å². The van der Waals surface area contributed by atoms with E-state index in [0.29, 0.717) is 6.61 Å². The molecule has 0 aliphatic heterocycles. The Morgan fingerprint density at radius 2 is 1.82 bits per heavy atom. The molecule has 0 radical (unpaired) electrons. The summed E-state index contributed by atoms with van der Waals surface area (Å²) in [5, 5.41) is 2.08. The van der Waals surface area contributed by atoms with Crippen LogP contribution in [0.5, 0.6) is 5.75 Å². The predicted octanol–water partition coefficient (Wildman–Crippen LogP) is 4.62. The molecule has 1 aromatic carbocycles.